The molecule has 4 rings (SSSR count). The number of hydrogen-bond donors (Lipinski definition) is 2. The topological polar surface area (TPSA) is 75.1 Å². The van der Waals surface area contributed by atoms with Crippen molar-refractivity contribution < 1.29 is 9.90 Å². The first-order valence-electron chi connectivity index (χ1n) is 8.61. The molecule has 0 fully saturated rings. The van der Waals surface area contributed by atoms with Crippen LogP contribution >= 0.6 is 22.9 Å². The number of aromatic carboxylic acids is 1. The smallest absolute Gasteiger partial charge is 0.335 e. The van der Waals surface area contributed by atoms with Crippen LogP contribution in [-0.2, 0) is 6.54 Å². The molecule has 2 heterocycles. The van der Waals surface area contributed by atoms with Crippen molar-refractivity contribution >= 4 is 44.9 Å². The zero-order chi connectivity index (χ0) is 19.7. The SMILES string of the molecule is Cc1sc2nc(-c3ccc(C(=O)O)cc3)nc(NCc3ccccc3)c2c1Cl. The molecule has 0 bridgehead atoms. The van der Waals surface area contributed by atoms with Crippen molar-refractivity contribution in [2.24, 2.45) is 0 Å². The van der Waals surface area contributed by atoms with Crippen molar-refractivity contribution in [3.63, 3.8) is 0 Å². The largest absolute Gasteiger partial charge is 0.478 e. The fourth-order valence-electron chi connectivity index (χ4n) is 2.88. The number of benzene rings is 2. The van der Waals surface area contributed by atoms with Crippen molar-refractivity contribution in [1.29, 1.82) is 0 Å². The highest BCUT2D eigenvalue weighted by molar-refractivity contribution is 7.19. The molecule has 0 spiro atoms. The number of rotatable bonds is 5. The van der Waals surface area contributed by atoms with Gasteiger partial charge < -0.3 is 10.4 Å². The van der Waals surface area contributed by atoms with Crippen molar-refractivity contribution in [3.05, 3.63) is 75.6 Å². The van der Waals surface area contributed by atoms with E-state index in [-0.39, 0.29) is 5.56 Å². The molecule has 28 heavy (non-hydrogen) atoms. The summed E-state index contributed by atoms with van der Waals surface area (Å²) < 4.78 is 0. The van der Waals surface area contributed by atoms with Crippen LogP contribution in [0.5, 0.6) is 0 Å². The third-order valence-electron chi connectivity index (χ3n) is 4.35. The molecular weight excluding hydrogens is 394 g/mol. The monoisotopic (exact) mass is 409 g/mol. The molecule has 0 aliphatic carbocycles. The lowest BCUT2D eigenvalue weighted by molar-refractivity contribution is 0.0697. The Kier molecular flexibility index (Phi) is 4.98. The van der Waals surface area contributed by atoms with Crippen LogP contribution < -0.4 is 5.32 Å². The van der Waals surface area contributed by atoms with Crippen molar-refractivity contribution in [2.45, 2.75) is 13.5 Å². The fourth-order valence-corrected chi connectivity index (χ4v) is 4.14. The van der Waals surface area contributed by atoms with Gasteiger partial charge in [0.1, 0.15) is 10.6 Å². The third kappa shape index (κ3) is 3.56. The summed E-state index contributed by atoms with van der Waals surface area (Å²) in [6.45, 7) is 2.56. The zero-order valence-electron chi connectivity index (χ0n) is 14.9. The number of halogens is 1. The predicted octanol–water partition coefficient (Wildman–Crippen LogP) is 5.63. The molecule has 4 aromatic rings. The van der Waals surface area contributed by atoms with Crippen LogP contribution in [0.3, 0.4) is 0 Å². The van der Waals surface area contributed by atoms with Gasteiger partial charge in [0.25, 0.3) is 0 Å². The summed E-state index contributed by atoms with van der Waals surface area (Å²) in [4.78, 5) is 22.2. The van der Waals surface area contributed by atoms with Gasteiger partial charge in [0.05, 0.1) is 16.0 Å². The fraction of sp³-hybridized carbons (Fsp3) is 0.0952. The molecular formula is C21H16ClN3O2S. The van der Waals surface area contributed by atoms with E-state index in [1.807, 2.05) is 37.3 Å². The molecule has 2 aromatic heterocycles. The highest BCUT2D eigenvalue weighted by Gasteiger charge is 2.17. The van der Waals surface area contributed by atoms with Gasteiger partial charge in [-0.05, 0) is 24.6 Å². The quantitative estimate of drug-likeness (QED) is 0.446. The molecule has 0 aliphatic heterocycles. The number of thiophene rings is 1. The average Bonchev–Trinajstić information content (AvgIpc) is 3.01. The summed E-state index contributed by atoms with van der Waals surface area (Å²) >= 11 is 8.02. The molecule has 0 saturated heterocycles. The molecule has 5 nitrogen and oxygen atoms in total. The minimum absolute atomic E-state index is 0.224. The number of carboxylic acids is 1. The molecule has 0 saturated carbocycles. The number of carboxylic acid groups (broad SMARTS) is 1. The van der Waals surface area contributed by atoms with Crippen LogP contribution in [0.15, 0.2) is 54.6 Å². The van der Waals surface area contributed by atoms with Gasteiger partial charge in [0, 0.05) is 17.0 Å². The van der Waals surface area contributed by atoms with E-state index in [1.165, 1.54) is 11.3 Å². The Morgan fingerprint density at radius 2 is 1.82 bits per heavy atom. The minimum atomic E-state index is -0.964. The lowest BCUT2D eigenvalue weighted by atomic mass is 10.1. The van der Waals surface area contributed by atoms with Gasteiger partial charge in [-0.15, -0.1) is 11.3 Å². The summed E-state index contributed by atoms with van der Waals surface area (Å²) in [5, 5.41) is 13.9. The van der Waals surface area contributed by atoms with E-state index in [0.29, 0.717) is 23.2 Å². The van der Waals surface area contributed by atoms with E-state index in [9.17, 15) is 4.79 Å². The molecule has 140 valence electrons. The first-order chi connectivity index (χ1) is 13.5. The lowest BCUT2D eigenvalue weighted by Gasteiger charge is -2.10. The molecule has 0 amide bonds. The van der Waals surface area contributed by atoms with Crippen molar-refractivity contribution in [1.82, 2.24) is 9.97 Å². The molecule has 0 atom stereocenters. The molecule has 0 radical (unpaired) electrons. The van der Waals surface area contributed by atoms with Gasteiger partial charge in [-0.2, -0.15) is 0 Å². The number of hydrogen-bond acceptors (Lipinski definition) is 5. The van der Waals surface area contributed by atoms with Gasteiger partial charge in [0.2, 0.25) is 0 Å². The first-order valence-corrected chi connectivity index (χ1v) is 9.80. The van der Waals surface area contributed by atoms with Gasteiger partial charge >= 0.3 is 5.97 Å². The summed E-state index contributed by atoms with van der Waals surface area (Å²) in [6.07, 6.45) is 0. The summed E-state index contributed by atoms with van der Waals surface area (Å²) in [5.41, 5.74) is 2.10. The van der Waals surface area contributed by atoms with Crippen LogP contribution in [0.1, 0.15) is 20.8 Å². The Morgan fingerprint density at radius 1 is 1.11 bits per heavy atom. The van der Waals surface area contributed by atoms with Crippen LogP contribution in [0.25, 0.3) is 21.6 Å². The highest BCUT2D eigenvalue weighted by Crippen LogP contribution is 2.38. The van der Waals surface area contributed by atoms with Gasteiger partial charge in [-0.25, -0.2) is 14.8 Å². The van der Waals surface area contributed by atoms with E-state index in [1.54, 1.807) is 24.3 Å². The zero-order valence-corrected chi connectivity index (χ0v) is 16.5. The normalized spacial score (nSPS) is 10.9. The van der Waals surface area contributed by atoms with E-state index in [2.05, 4.69) is 15.3 Å². The standard InChI is InChI=1S/C21H16ClN3O2S/c1-12-17(22)16-19(23-11-13-5-3-2-4-6-13)24-18(25-20(16)28-12)14-7-9-15(10-8-14)21(26)27/h2-10H,11H2,1H3,(H,26,27)(H,23,24,25). The van der Waals surface area contributed by atoms with E-state index < -0.39 is 5.97 Å². The minimum Gasteiger partial charge on any atom is -0.478 e. The summed E-state index contributed by atoms with van der Waals surface area (Å²) in [7, 11) is 0. The highest BCUT2D eigenvalue weighted by atomic mass is 35.5. The number of carbonyl (C=O) groups is 1. The Morgan fingerprint density at radius 3 is 2.50 bits per heavy atom. The summed E-state index contributed by atoms with van der Waals surface area (Å²) in [5.74, 6) is 0.229. The Balaban J connectivity index is 1.77. The molecule has 2 aromatic carbocycles. The molecule has 0 unspecified atom stereocenters. The number of nitrogens with zero attached hydrogens (tertiary/aromatic N) is 2. The van der Waals surface area contributed by atoms with E-state index in [0.717, 1.165) is 26.2 Å². The Hall–Kier alpha value is -2.96. The van der Waals surface area contributed by atoms with E-state index >= 15 is 0 Å². The number of nitrogens with one attached hydrogen (secondary N) is 1. The number of aromatic nitrogens is 2. The van der Waals surface area contributed by atoms with Crippen LogP contribution in [0.2, 0.25) is 5.02 Å². The second-order valence-electron chi connectivity index (χ2n) is 6.27. The predicted molar refractivity (Wildman–Crippen MR) is 113 cm³/mol. The van der Waals surface area contributed by atoms with Crippen LogP contribution in [0.4, 0.5) is 5.82 Å². The molecule has 0 aliphatic rings. The molecule has 7 heteroatoms. The maximum Gasteiger partial charge on any atom is 0.335 e. The second kappa shape index (κ2) is 7.58. The first kappa shape index (κ1) is 18.4. The van der Waals surface area contributed by atoms with Gasteiger partial charge in [-0.1, -0.05) is 54.1 Å². The Labute approximate surface area is 170 Å². The maximum atomic E-state index is 11.1. The van der Waals surface area contributed by atoms with Crippen molar-refractivity contribution in [3.8, 4) is 11.4 Å². The van der Waals surface area contributed by atoms with E-state index in [4.69, 9.17) is 16.7 Å². The second-order valence-corrected chi connectivity index (χ2v) is 7.85. The number of anilines is 1. The van der Waals surface area contributed by atoms with Gasteiger partial charge in [0.15, 0.2) is 5.82 Å². The van der Waals surface area contributed by atoms with Gasteiger partial charge in [-0.3, -0.25) is 0 Å². The number of aryl methyl sites for hydroxylation is 1. The summed E-state index contributed by atoms with van der Waals surface area (Å²) in [6, 6.07) is 16.6. The van der Waals surface area contributed by atoms with Crippen LogP contribution in [0, 0.1) is 6.92 Å². The Bertz CT molecular complexity index is 1160. The number of fused-ring (bicyclic) bond motifs is 1. The lowest BCUT2D eigenvalue weighted by Crippen LogP contribution is -2.04. The maximum absolute atomic E-state index is 11.1. The average molecular weight is 410 g/mol. The molecule has 2 N–H and O–H groups in total. The third-order valence-corrected chi connectivity index (χ3v) is 5.93. The van der Waals surface area contributed by atoms with Crippen molar-refractivity contribution in [2.75, 3.05) is 5.32 Å². The van der Waals surface area contributed by atoms with Crippen LogP contribution in [-0.4, -0.2) is 21.0 Å².